The van der Waals surface area contributed by atoms with E-state index in [0.717, 1.165) is 40.6 Å². The quantitative estimate of drug-likeness (QED) is 0.642. The Morgan fingerprint density at radius 1 is 0.909 bits per heavy atom. The molecule has 2 heteroatoms. The Balaban J connectivity index is 1.48. The minimum Gasteiger partial charge on any atom is -0.390 e. The van der Waals surface area contributed by atoms with Crippen molar-refractivity contribution in [3.63, 3.8) is 0 Å². The Morgan fingerprint density at radius 3 is 2.50 bits per heavy atom. The lowest BCUT2D eigenvalue weighted by Gasteiger charge is -2.60. The maximum atomic E-state index is 11.0. The third-order valence-corrected chi connectivity index (χ3v) is 10.9. The molecule has 1 aliphatic heterocycles. The van der Waals surface area contributed by atoms with E-state index < -0.39 is 5.60 Å². The molecule has 5 rings (SSSR count). The first-order chi connectivity index (χ1) is 10.4. The lowest BCUT2D eigenvalue weighted by molar-refractivity contribution is -0.143. The van der Waals surface area contributed by atoms with Crippen LogP contribution in [-0.2, 0) is 0 Å². The Labute approximate surface area is 140 Å². The SMILES string of the molecule is C[C@]12CC3SC3CC1CCC1C2CC[C@@]2(C)C1CC[C@]2(C)O. The van der Waals surface area contributed by atoms with Crippen molar-refractivity contribution in [2.24, 2.45) is 34.5 Å². The smallest absolute Gasteiger partial charge is 0.0675 e. The lowest BCUT2D eigenvalue weighted by Crippen LogP contribution is -2.56. The second-order valence-corrected chi connectivity index (χ2v) is 11.6. The maximum absolute atomic E-state index is 11.0. The van der Waals surface area contributed by atoms with Crippen LogP contribution in [0.3, 0.4) is 0 Å². The highest BCUT2D eigenvalue weighted by molar-refractivity contribution is 8.07. The zero-order valence-corrected chi connectivity index (χ0v) is 15.3. The van der Waals surface area contributed by atoms with E-state index in [4.69, 9.17) is 0 Å². The Bertz CT molecular complexity index is 502. The topological polar surface area (TPSA) is 20.2 Å². The molecule has 22 heavy (non-hydrogen) atoms. The van der Waals surface area contributed by atoms with Gasteiger partial charge in [0.2, 0.25) is 0 Å². The molecule has 6 unspecified atom stereocenters. The average Bonchev–Trinajstić information content (AvgIpc) is 3.14. The predicted octanol–water partition coefficient (Wildman–Crippen LogP) is 4.87. The normalized spacial score (nSPS) is 66.0. The molecule has 5 aliphatic rings. The second kappa shape index (κ2) is 4.28. The molecule has 4 saturated carbocycles. The van der Waals surface area contributed by atoms with Crippen LogP contribution in [-0.4, -0.2) is 21.2 Å². The molecule has 1 N–H and O–H groups in total. The summed E-state index contributed by atoms with van der Waals surface area (Å²) in [6.07, 6.45) is 11.0. The fourth-order valence-corrected chi connectivity index (χ4v) is 9.13. The molecule has 0 aromatic carbocycles. The molecule has 1 heterocycles. The minimum atomic E-state index is -0.412. The lowest BCUT2D eigenvalue weighted by atomic mass is 9.44. The van der Waals surface area contributed by atoms with Crippen LogP contribution in [0.5, 0.6) is 0 Å². The summed E-state index contributed by atoms with van der Waals surface area (Å²) in [6.45, 7) is 7.22. The van der Waals surface area contributed by atoms with Crippen LogP contribution in [0.25, 0.3) is 0 Å². The van der Waals surface area contributed by atoms with Crippen LogP contribution in [0.15, 0.2) is 0 Å². The number of hydrogen-bond acceptors (Lipinski definition) is 2. The molecule has 124 valence electrons. The number of aliphatic hydroxyl groups is 1. The fraction of sp³-hybridized carbons (Fsp3) is 1.00. The summed E-state index contributed by atoms with van der Waals surface area (Å²) < 4.78 is 0. The highest BCUT2D eigenvalue weighted by atomic mass is 32.2. The van der Waals surface area contributed by atoms with Gasteiger partial charge in [-0.15, -0.1) is 0 Å². The van der Waals surface area contributed by atoms with Crippen LogP contribution in [0.4, 0.5) is 0 Å². The molecule has 4 aliphatic carbocycles. The molecule has 5 fully saturated rings. The summed E-state index contributed by atoms with van der Waals surface area (Å²) >= 11 is 2.28. The van der Waals surface area contributed by atoms with Crippen molar-refractivity contribution < 1.29 is 5.11 Å². The molecule has 9 atom stereocenters. The number of fused-ring (bicyclic) bond motifs is 6. The van der Waals surface area contributed by atoms with Gasteiger partial charge in [-0.25, -0.2) is 0 Å². The Morgan fingerprint density at radius 2 is 1.68 bits per heavy atom. The molecule has 0 aromatic heterocycles. The fourth-order valence-electron chi connectivity index (χ4n) is 7.76. The maximum Gasteiger partial charge on any atom is 0.0675 e. The molecule has 0 aromatic rings. The van der Waals surface area contributed by atoms with Gasteiger partial charge in [-0.1, -0.05) is 13.8 Å². The third kappa shape index (κ3) is 1.67. The summed E-state index contributed by atoms with van der Waals surface area (Å²) in [7, 11) is 0. The molecule has 0 bridgehead atoms. The van der Waals surface area contributed by atoms with Crippen molar-refractivity contribution in [1.29, 1.82) is 0 Å². The molecule has 0 amide bonds. The van der Waals surface area contributed by atoms with Crippen LogP contribution >= 0.6 is 11.8 Å². The van der Waals surface area contributed by atoms with E-state index >= 15 is 0 Å². The highest BCUT2D eigenvalue weighted by Crippen LogP contribution is 2.71. The number of rotatable bonds is 0. The monoisotopic (exact) mass is 320 g/mol. The van der Waals surface area contributed by atoms with Gasteiger partial charge in [-0.2, -0.15) is 11.8 Å². The van der Waals surface area contributed by atoms with Gasteiger partial charge in [0.15, 0.2) is 0 Å². The minimum absolute atomic E-state index is 0.197. The van der Waals surface area contributed by atoms with Crippen molar-refractivity contribution in [3.8, 4) is 0 Å². The van der Waals surface area contributed by atoms with E-state index in [0.29, 0.717) is 5.41 Å². The molecule has 1 saturated heterocycles. The van der Waals surface area contributed by atoms with E-state index in [-0.39, 0.29) is 5.41 Å². The van der Waals surface area contributed by atoms with E-state index in [1.165, 1.54) is 44.9 Å². The van der Waals surface area contributed by atoms with Gasteiger partial charge >= 0.3 is 0 Å². The largest absolute Gasteiger partial charge is 0.390 e. The van der Waals surface area contributed by atoms with Crippen molar-refractivity contribution in [2.75, 3.05) is 0 Å². The molecule has 0 spiro atoms. The van der Waals surface area contributed by atoms with Crippen LogP contribution < -0.4 is 0 Å². The van der Waals surface area contributed by atoms with Gasteiger partial charge in [-0.3, -0.25) is 0 Å². The van der Waals surface area contributed by atoms with Crippen LogP contribution in [0.1, 0.15) is 72.1 Å². The predicted molar refractivity (Wildman–Crippen MR) is 92.9 cm³/mol. The second-order valence-electron chi connectivity index (χ2n) is 10.1. The van der Waals surface area contributed by atoms with Crippen LogP contribution in [0.2, 0.25) is 0 Å². The molecular formula is C20H32OS. The zero-order valence-electron chi connectivity index (χ0n) is 14.5. The van der Waals surface area contributed by atoms with E-state index in [9.17, 15) is 5.11 Å². The number of hydrogen-bond donors (Lipinski definition) is 1. The Kier molecular flexibility index (Phi) is 2.85. The third-order valence-electron chi connectivity index (χ3n) is 9.47. The molecule has 0 radical (unpaired) electrons. The van der Waals surface area contributed by atoms with E-state index in [2.05, 4.69) is 32.5 Å². The summed E-state index contributed by atoms with van der Waals surface area (Å²) in [4.78, 5) is 0. The van der Waals surface area contributed by atoms with Crippen molar-refractivity contribution in [2.45, 2.75) is 88.2 Å². The first kappa shape index (κ1) is 14.6. The molecule has 1 nitrogen and oxygen atoms in total. The van der Waals surface area contributed by atoms with E-state index in [1.54, 1.807) is 0 Å². The van der Waals surface area contributed by atoms with Crippen molar-refractivity contribution in [1.82, 2.24) is 0 Å². The van der Waals surface area contributed by atoms with Gasteiger partial charge in [-0.05, 0) is 92.8 Å². The van der Waals surface area contributed by atoms with Gasteiger partial charge in [0.25, 0.3) is 0 Å². The van der Waals surface area contributed by atoms with Gasteiger partial charge in [0.1, 0.15) is 0 Å². The molecular weight excluding hydrogens is 288 g/mol. The first-order valence-electron chi connectivity index (χ1n) is 9.73. The van der Waals surface area contributed by atoms with Gasteiger partial charge in [0, 0.05) is 10.5 Å². The Hall–Kier alpha value is 0.310. The van der Waals surface area contributed by atoms with Crippen LogP contribution in [0, 0.1) is 34.5 Å². The average molecular weight is 321 g/mol. The van der Waals surface area contributed by atoms with Gasteiger partial charge in [0.05, 0.1) is 5.60 Å². The summed E-state index contributed by atoms with van der Waals surface area (Å²) in [5.74, 6) is 3.68. The standard InChI is InChI=1S/C20H32OS/c1-18-11-17-16(22-17)10-12(18)4-5-13-14(18)6-8-19(2)15(13)7-9-20(19,3)21/h12-17,21H,4-11H2,1-3H3/t12?,13?,14?,15?,16?,17?,18-,19-,20-/m0/s1. The zero-order chi connectivity index (χ0) is 15.3. The first-order valence-corrected chi connectivity index (χ1v) is 10.7. The summed E-state index contributed by atoms with van der Waals surface area (Å²) in [5, 5.41) is 13.0. The number of thioether (sulfide) groups is 1. The summed E-state index contributed by atoms with van der Waals surface area (Å²) in [5.41, 5.74) is 0.413. The van der Waals surface area contributed by atoms with Crippen molar-refractivity contribution >= 4 is 11.8 Å². The van der Waals surface area contributed by atoms with Gasteiger partial charge < -0.3 is 5.11 Å². The van der Waals surface area contributed by atoms with E-state index in [1.807, 2.05) is 0 Å². The summed E-state index contributed by atoms with van der Waals surface area (Å²) in [6, 6.07) is 0. The van der Waals surface area contributed by atoms with Crippen molar-refractivity contribution in [3.05, 3.63) is 0 Å². The highest BCUT2D eigenvalue weighted by Gasteiger charge is 2.65.